The van der Waals surface area contributed by atoms with E-state index in [1.165, 1.54) is 16.7 Å². The van der Waals surface area contributed by atoms with Gasteiger partial charge in [-0.05, 0) is 74.8 Å². The van der Waals surface area contributed by atoms with Crippen LogP contribution in [0.1, 0.15) is 67.6 Å². The van der Waals surface area contributed by atoms with Crippen molar-refractivity contribution < 1.29 is 0 Å². The number of aryl methyl sites for hydroxylation is 2. The summed E-state index contributed by atoms with van der Waals surface area (Å²) in [5.41, 5.74) is 14.8. The van der Waals surface area contributed by atoms with Gasteiger partial charge in [0.2, 0.25) is 0 Å². The number of anilines is 2. The third-order valence-corrected chi connectivity index (χ3v) is 6.94. The SMILES string of the molecule is C/C=C(\CCCC[C@@H](N)c1ccccc1C)c1cnc2c(N3CCCc4ncccc43)n[nH]c2n1. The van der Waals surface area contributed by atoms with E-state index in [9.17, 15) is 0 Å². The van der Waals surface area contributed by atoms with Gasteiger partial charge in [-0.3, -0.25) is 10.1 Å². The first-order valence-electron chi connectivity index (χ1n) is 12.5. The molecule has 0 aliphatic carbocycles. The second kappa shape index (κ2) is 10.4. The smallest absolute Gasteiger partial charge is 0.183 e. The summed E-state index contributed by atoms with van der Waals surface area (Å²) in [7, 11) is 0. The molecule has 0 saturated carbocycles. The Morgan fingerprint density at radius 3 is 2.91 bits per heavy atom. The van der Waals surface area contributed by atoms with Crippen molar-refractivity contribution in [2.75, 3.05) is 11.4 Å². The first-order valence-corrected chi connectivity index (χ1v) is 12.5. The summed E-state index contributed by atoms with van der Waals surface area (Å²) in [5.74, 6) is 0.820. The minimum Gasteiger partial charge on any atom is -0.324 e. The highest BCUT2D eigenvalue weighted by Gasteiger charge is 2.24. The lowest BCUT2D eigenvalue weighted by molar-refractivity contribution is 0.590. The molecule has 0 fully saturated rings. The Hall–Kier alpha value is -3.58. The molecule has 7 heteroatoms. The number of hydrogen-bond donors (Lipinski definition) is 2. The second-order valence-corrected chi connectivity index (χ2v) is 9.25. The lowest BCUT2D eigenvalue weighted by atomic mass is 9.96. The first kappa shape index (κ1) is 23.2. The van der Waals surface area contributed by atoms with E-state index in [0.29, 0.717) is 0 Å². The number of nitrogens with one attached hydrogen (secondary N) is 1. The molecule has 3 N–H and O–H groups in total. The summed E-state index contributed by atoms with van der Waals surface area (Å²) in [4.78, 5) is 16.4. The maximum atomic E-state index is 6.46. The van der Waals surface area contributed by atoms with Crippen molar-refractivity contribution in [3.8, 4) is 0 Å². The Bertz CT molecular complexity index is 1340. The molecular weight excluding hydrogens is 434 g/mol. The van der Waals surface area contributed by atoms with Crippen LogP contribution in [0.4, 0.5) is 11.5 Å². The predicted octanol–water partition coefficient (Wildman–Crippen LogP) is 5.80. The van der Waals surface area contributed by atoms with Crippen LogP contribution < -0.4 is 10.6 Å². The molecule has 0 unspecified atom stereocenters. The van der Waals surface area contributed by atoms with E-state index in [1.54, 1.807) is 0 Å². The van der Waals surface area contributed by atoms with Gasteiger partial charge in [0.25, 0.3) is 0 Å². The number of unbranched alkanes of at least 4 members (excludes halogenated alkanes) is 1. The van der Waals surface area contributed by atoms with Gasteiger partial charge < -0.3 is 10.6 Å². The van der Waals surface area contributed by atoms with Gasteiger partial charge in [-0.1, -0.05) is 36.8 Å². The largest absolute Gasteiger partial charge is 0.324 e. The number of nitrogens with two attached hydrogens (primary N) is 1. The quantitative estimate of drug-likeness (QED) is 0.318. The van der Waals surface area contributed by atoms with Crippen LogP contribution >= 0.6 is 0 Å². The Morgan fingerprint density at radius 1 is 1.17 bits per heavy atom. The van der Waals surface area contributed by atoms with Crippen LogP contribution in [0.3, 0.4) is 0 Å². The number of pyridine rings is 1. The molecule has 1 aliphatic heterocycles. The molecule has 180 valence electrons. The number of hydrogen-bond acceptors (Lipinski definition) is 6. The molecule has 0 amide bonds. The summed E-state index contributed by atoms with van der Waals surface area (Å²) in [6, 6.07) is 12.6. The molecule has 1 aromatic carbocycles. The number of allylic oxidation sites excluding steroid dienone is 2. The summed E-state index contributed by atoms with van der Waals surface area (Å²) in [5, 5.41) is 7.70. The second-order valence-electron chi connectivity index (χ2n) is 9.25. The van der Waals surface area contributed by atoms with Gasteiger partial charge in [-0.25, -0.2) is 9.97 Å². The van der Waals surface area contributed by atoms with Gasteiger partial charge in [-0.2, -0.15) is 5.10 Å². The predicted molar refractivity (Wildman–Crippen MR) is 141 cm³/mol. The van der Waals surface area contributed by atoms with Crippen LogP contribution in [0.2, 0.25) is 0 Å². The van der Waals surface area contributed by atoms with Crippen LogP contribution in [0, 0.1) is 6.92 Å². The minimum atomic E-state index is 0.0833. The van der Waals surface area contributed by atoms with Crippen LogP contribution in [-0.4, -0.2) is 31.7 Å². The molecule has 3 aromatic heterocycles. The lowest BCUT2D eigenvalue weighted by Gasteiger charge is -2.28. The van der Waals surface area contributed by atoms with Crippen molar-refractivity contribution in [3.63, 3.8) is 0 Å². The molecular formula is C28H33N7. The number of aromatic nitrogens is 5. The maximum absolute atomic E-state index is 6.46. The molecule has 7 nitrogen and oxygen atoms in total. The Morgan fingerprint density at radius 2 is 2.06 bits per heavy atom. The van der Waals surface area contributed by atoms with Crippen molar-refractivity contribution in [1.82, 2.24) is 25.1 Å². The number of benzene rings is 1. The molecule has 1 atom stereocenters. The van der Waals surface area contributed by atoms with Gasteiger partial charge >= 0.3 is 0 Å². The van der Waals surface area contributed by atoms with Crippen molar-refractivity contribution in [1.29, 1.82) is 0 Å². The Kier molecular flexibility index (Phi) is 6.86. The maximum Gasteiger partial charge on any atom is 0.183 e. The summed E-state index contributed by atoms with van der Waals surface area (Å²) < 4.78 is 0. The molecule has 1 aliphatic rings. The van der Waals surface area contributed by atoms with E-state index in [2.05, 4.69) is 70.3 Å². The topological polar surface area (TPSA) is 96.6 Å². The molecule has 4 heterocycles. The van der Waals surface area contributed by atoms with E-state index in [4.69, 9.17) is 15.7 Å². The van der Waals surface area contributed by atoms with Crippen LogP contribution in [0.15, 0.2) is 54.9 Å². The Balaban J connectivity index is 1.26. The third-order valence-electron chi connectivity index (χ3n) is 6.94. The molecule has 0 saturated heterocycles. The number of rotatable bonds is 8. The summed E-state index contributed by atoms with van der Waals surface area (Å²) in [6.07, 6.45) is 12.0. The summed E-state index contributed by atoms with van der Waals surface area (Å²) >= 11 is 0. The van der Waals surface area contributed by atoms with Crippen LogP contribution in [0.25, 0.3) is 16.7 Å². The van der Waals surface area contributed by atoms with E-state index in [0.717, 1.165) is 79.1 Å². The zero-order valence-corrected chi connectivity index (χ0v) is 20.5. The highest BCUT2D eigenvalue weighted by atomic mass is 15.3. The standard InChI is InChI=1S/C28H33N7/c1-3-20(11-5-7-13-22(29)21-12-6-4-10-19(21)2)24-18-31-26-27(32-24)33-34-28(26)35-17-9-14-23-25(35)15-8-16-30-23/h3-4,6,8,10,12,15-16,18,22H,5,7,9,11,13-14,17,29H2,1-2H3,(H,32,33,34)/b20-3+/t22-/m1/s1. The Labute approximate surface area is 206 Å². The average molecular weight is 468 g/mol. The zero-order chi connectivity index (χ0) is 24.2. The van der Waals surface area contributed by atoms with E-state index in [1.807, 2.05) is 18.5 Å². The van der Waals surface area contributed by atoms with Crippen molar-refractivity contribution in [3.05, 3.63) is 77.4 Å². The fourth-order valence-electron chi connectivity index (χ4n) is 5.00. The minimum absolute atomic E-state index is 0.0833. The van der Waals surface area contributed by atoms with E-state index < -0.39 is 0 Å². The number of fused-ring (bicyclic) bond motifs is 2. The van der Waals surface area contributed by atoms with Gasteiger partial charge in [0.1, 0.15) is 0 Å². The number of aromatic amines is 1. The normalized spacial score (nSPS) is 14.8. The molecule has 0 radical (unpaired) electrons. The molecule has 35 heavy (non-hydrogen) atoms. The number of nitrogens with zero attached hydrogens (tertiary/aromatic N) is 5. The van der Waals surface area contributed by atoms with Gasteiger partial charge in [0.15, 0.2) is 17.0 Å². The first-order chi connectivity index (χ1) is 17.2. The number of H-pyrrole nitrogens is 1. The molecule has 5 rings (SSSR count). The third kappa shape index (κ3) is 4.82. The van der Waals surface area contributed by atoms with E-state index in [-0.39, 0.29) is 6.04 Å². The highest BCUT2D eigenvalue weighted by molar-refractivity contribution is 5.87. The van der Waals surface area contributed by atoms with Crippen molar-refractivity contribution in [2.45, 2.75) is 58.4 Å². The van der Waals surface area contributed by atoms with Crippen molar-refractivity contribution >= 4 is 28.2 Å². The summed E-state index contributed by atoms with van der Waals surface area (Å²) in [6.45, 7) is 5.09. The van der Waals surface area contributed by atoms with Gasteiger partial charge in [0.05, 0.1) is 23.3 Å². The zero-order valence-electron chi connectivity index (χ0n) is 20.5. The monoisotopic (exact) mass is 467 g/mol. The molecule has 0 spiro atoms. The van der Waals surface area contributed by atoms with Crippen LogP contribution in [0.5, 0.6) is 0 Å². The van der Waals surface area contributed by atoms with E-state index >= 15 is 0 Å². The van der Waals surface area contributed by atoms with Crippen LogP contribution in [-0.2, 0) is 6.42 Å². The van der Waals surface area contributed by atoms with Gasteiger partial charge in [-0.15, -0.1) is 0 Å². The van der Waals surface area contributed by atoms with Crippen molar-refractivity contribution in [2.24, 2.45) is 5.73 Å². The fraction of sp³-hybridized carbons (Fsp3) is 0.357. The lowest BCUT2D eigenvalue weighted by Crippen LogP contribution is -2.25. The molecule has 0 bridgehead atoms. The molecule has 4 aromatic rings. The fourth-order valence-corrected chi connectivity index (χ4v) is 5.00. The highest BCUT2D eigenvalue weighted by Crippen LogP contribution is 2.34. The average Bonchev–Trinajstić information content (AvgIpc) is 3.31. The van der Waals surface area contributed by atoms with Gasteiger partial charge in [0, 0.05) is 18.8 Å².